The Labute approximate surface area is 131 Å². The van der Waals surface area contributed by atoms with Gasteiger partial charge in [-0.3, -0.25) is 9.69 Å². The largest absolute Gasteiger partial charge is 0.481 e. The monoisotopic (exact) mass is 333 g/mol. The van der Waals surface area contributed by atoms with Crippen molar-refractivity contribution in [3.05, 3.63) is 35.1 Å². The van der Waals surface area contributed by atoms with Crippen LogP contribution in [-0.2, 0) is 11.0 Å². The molecular weight excluding hydrogens is 314 g/mol. The van der Waals surface area contributed by atoms with Gasteiger partial charge in [0.2, 0.25) is 0 Å². The fraction of sp³-hybridized carbons (Fsp3) is 0.562. The molecule has 0 aromatic heterocycles. The summed E-state index contributed by atoms with van der Waals surface area (Å²) in [6.45, 7) is 6.21. The molecule has 0 radical (unpaired) electrons. The maximum Gasteiger partial charge on any atom is 0.416 e. The van der Waals surface area contributed by atoms with Gasteiger partial charge >= 0.3 is 12.1 Å². The first-order valence-electron chi connectivity index (χ1n) is 7.25. The minimum Gasteiger partial charge on any atom is -0.481 e. The van der Waals surface area contributed by atoms with Gasteiger partial charge in [0.05, 0.1) is 11.5 Å². The van der Waals surface area contributed by atoms with Crippen LogP contribution in [0, 0.1) is 11.7 Å². The fourth-order valence-corrected chi connectivity index (χ4v) is 2.93. The third-order valence-electron chi connectivity index (χ3n) is 4.26. The molecule has 1 fully saturated rings. The number of rotatable bonds is 2. The molecule has 0 amide bonds. The van der Waals surface area contributed by atoms with Gasteiger partial charge in [-0.2, -0.15) is 13.2 Å². The van der Waals surface area contributed by atoms with Crippen LogP contribution >= 0.6 is 0 Å². The average Bonchev–Trinajstić information content (AvgIpc) is 2.81. The number of alkyl halides is 3. The minimum atomic E-state index is -4.67. The number of benzene rings is 1. The normalized spacial score (nSPS) is 23.3. The molecule has 1 aliphatic heterocycles. The molecule has 0 unspecified atom stereocenters. The molecule has 1 aromatic carbocycles. The molecule has 2 atom stereocenters. The molecule has 1 N–H and O–H groups in total. The summed E-state index contributed by atoms with van der Waals surface area (Å²) in [7, 11) is 0. The van der Waals surface area contributed by atoms with Crippen molar-refractivity contribution in [3.63, 3.8) is 0 Å². The zero-order valence-electron chi connectivity index (χ0n) is 13.1. The molecule has 7 heteroatoms. The lowest BCUT2D eigenvalue weighted by atomic mass is 9.88. The van der Waals surface area contributed by atoms with Crippen LogP contribution in [0.25, 0.3) is 0 Å². The standard InChI is InChI=1S/C16H19F4NO2/c1-15(2,3)21-7-12(13(8-21)14(22)23)9-4-10(16(18,19)20)6-11(17)5-9/h4-6,12-13H,7-8H2,1-3H3,(H,22,23)/t12-,13+/m1/s1. The molecular formula is C16H19F4NO2. The lowest BCUT2D eigenvalue weighted by molar-refractivity contribution is -0.141. The van der Waals surface area contributed by atoms with Crippen LogP contribution in [0.5, 0.6) is 0 Å². The number of aliphatic carboxylic acids is 1. The Hall–Kier alpha value is -1.63. The Kier molecular flexibility index (Phi) is 4.45. The molecule has 3 nitrogen and oxygen atoms in total. The summed E-state index contributed by atoms with van der Waals surface area (Å²) in [5.41, 5.74) is -1.33. The van der Waals surface area contributed by atoms with Crippen LogP contribution in [0.15, 0.2) is 18.2 Å². The van der Waals surface area contributed by atoms with Crippen LogP contribution in [0.3, 0.4) is 0 Å². The van der Waals surface area contributed by atoms with Crippen LogP contribution in [0.1, 0.15) is 37.8 Å². The van der Waals surface area contributed by atoms with E-state index in [0.29, 0.717) is 6.07 Å². The first-order valence-corrected chi connectivity index (χ1v) is 7.25. The topological polar surface area (TPSA) is 40.5 Å². The SMILES string of the molecule is CC(C)(C)N1C[C@H](C(=O)O)[C@@H](c2cc(F)cc(C(F)(F)F)c2)C1. The van der Waals surface area contributed by atoms with Crippen molar-refractivity contribution >= 4 is 5.97 Å². The second-order valence-corrected chi connectivity index (χ2v) is 6.90. The van der Waals surface area contributed by atoms with Crippen molar-refractivity contribution in [3.8, 4) is 0 Å². The summed E-state index contributed by atoms with van der Waals surface area (Å²) in [5, 5.41) is 9.38. The Morgan fingerprint density at radius 1 is 1.17 bits per heavy atom. The van der Waals surface area contributed by atoms with Crippen LogP contribution in [0.4, 0.5) is 17.6 Å². The van der Waals surface area contributed by atoms with E-state index in [0.717, 1.165) is 12.1 Å². The predicted octanol–water partition coefficient (Wildman–Crippen LogP) is 3.74. The van der Waals surface area contributed by atoms with E-state index in [1.807, 2.05) is 25.7 Å². The lowest BCUT2D eigenvalue weighted by Gasteiger charge is -2.31. The zero-order chi connectivity index (χ0) is 17.6. The van der Waals surface area contributed by atoms with Crippen molar-refractivity contribution in [2.75, 3.05) is 13.1 Å². The molecule has 128 valence electrons. The number of carboxylic acid groups (broad SMARTS) is 1. The van der Waals surface area contributed by atoms with Crippen LogP contribution < -0.4 is 0 Å². The second-order valence-electron chi connectivity index (χ2n) is 6.90. The first-order chi connectivity index (χ1) is 10.4. The molecule has 23 heavy (non-hydrogen) atoms. The summed E-state index contributed by atoms with van der Waals surface area (Å²) in [4.78, 5) is 13.4. The van der Waals surface area contributed by atoms with Gasteiger partial charge in [-0.25, -0.2) is 4.39 Å². The van der Waals surface area contributed by atoms with Gasteiger partial charge in [0.25, 0.3) is 0 Å². The number of halogens is 4. The summed E-state index contributed by atoms with van der Waals surface area (Å²) in [6.07, 6.45) is -4.67. The van der Waals surface area contributed by atoms with Crippen molar-refractivity contribution in [1.29, 1.82) is 0 Å². The maximum absolute atomic E-state index is 13.6. The van der Waals surface area contributed by atoms with E-state index >= 15 is 0 Å². The van der Waals surface area contributed by atoms with E-state index in [1.165, 1.54) is 0 Å². The van der Waals surface area contributed by atoms with Gasteiger partial charge in [-0.1, -0.05) is 0 Å². The van der Waals surface area contributed by atoms with E-state index in [4.69, 9.17) is 0 Å². The molecule has 0 spiro atoms. The highest BCUT2D eigenvalue weighted by Crippen LogP contribution is 2.39. The van der Waals surface area contributed by atoms with Gasteiger partial charge in [-0.15, -0.1) is 0 Å². The van der Waals surface area contributed by atoms with Crippen molar-refractivity contribution in [2.45, 2.75) is 38.4 Å². The number of carboxylic acids is 1. The zero-order valence-corrected chi connectivity index (χ0v) is 13.1. The van der Waals surface area contributed by atoms with Crippen molar-refractivity contribution in [1.82, 2.24) is 4.90 Å². The smallest absolute Gasteiger partial charge is 0.416 e. The third kappa shape index (κ3) is 3.83. The maximum atomic E-state index is 13.6. The Morgan fingerprint density at radius 2 is 1.78 bits per heavy atom. The number of hydrogen-bond acceptors (Lipinski definition) is 2. The van der Waals surface area contributed by atoms with Gasteiger partial charge in [0.1, 0.15) is 5.82 Å². The van der Waals surface area contributed by atoms with E-state index in [2.05, 4.69) is 0 Å². The van der Waals surface area contributed by atoms with E-state index in [9.17, 15) is 27.5 Å². The minimum absolute atomic E-state index is 0.0801. The summed E-state index contributed by atoms with van der Waals surface area (Å²) in [5.74, 6) is -3.63. The Morgan fingerprint density at radius 3 is 2.26 bits per heavy atom. The predicted molar refractivity (Wildman–Crippen MR) is 76.6 cm³/mol. The van der Waals surface area contributed by atoms with E-state index in [1.54, 1.807) is 0 Å². The quantitative estimate of drug-likeness (QED) is 0.838. The van der Waals surface area contributed by atoms with Crippen molar-refractivity contribution in [2.24, 2.45) is 5.92 Å². The van der Waals surface area contributed by atoms with Gasteiger partial charge in [-0.05, 0) is 44.5 Å². The Balaban J connectivity index is 2.43. The van der Waals surface area contributed by atoms with Gasteiger partial charge in [0.15, 0.2) is 0 Å². The van der Waals surface area contributed by atoms with Gasteiger partial charge < -0.3 is 5.11 Å². The average molecular weight is 333 g/mol. The molecule has 1 saturated heterocycles. The summed E-state index contributed by atoms with van der Waals surface area (Å²) in [6, 6.07) is 2.29. The lowest BCUT2D eigenvalue weighted by Crippen LogP contribution is -2.40. The molecule has 1 heterocycles. The fourth-order valence-electron chi connectivity index (χ4n) is 2.93. The van der Waals surface area contributed by atoms with Crippen LogP contribution in [0.2, 0.25) is 0 Å². The highest BCUT2D eigenvalue weighted by molar-refractivity contribution is 5.72. The highest BCUT2D eigenvalue weighted by Gasteiger charge is 2.43. The van der Waals surface area contributed by atoms with Crippen molar-refractivity contribution < 1.29 is 27.5 Å². The first kappa shape index (κ1) is 17.7. The third-order valence-corrected chi connectivity index (χ3v) is 4.26. The Bertz CT molecular complexity index is 607. The molecule has 1 aliphatic rings. The number of hydrogen-bond donors (Lipinski definition) is 1. The van der Waals surface area contributed by atoms with Gasteiger partial charge in [0, 0.05) is 24.5 Å². The number of carbonyl (C=O) groups is 1. The molecule has 2 rings (SSSR count). The molecule has 0 bridgehead atoms. The number of likely N-dealkylation sites (tertiary alicyclic amines) is 1. The molecule has 1 aromatic rings. The molecule has 0 aliphatic carbocycles. The second kappa shape index (κ2) is 5.78. The van der Waals surface area contributed by atoms with E-state index < -0.39 is 35.4 Å². The summed E-state index contributed by atoms with van der Waals surface area (Å²) < 4.78 is 52.2. The number of nitrogens with zero attached hydrogens (tertiary/aromatic N) is 1. The van der Waals surface area contributed by atoms with E-state index in [-0.39, 0.29) is 24.2 Å². The highest BCUT2D eigenvalue weighted by atomic mass is 19.4. The van der Waals surface area contributed by atoms with Crippen LogP contribution in [-0.4, -0.2) is 34.6 Å². The summed E-state index contributed by atoms with van der Waals surface area (Å²) >= 11 is 0. The molecule has 0 saturated carbocycles.